The number of thiazole rings is 1. The summed E-state index contributed by atoms with van der Waals surface area (Å²) < 4.78 is 0. The number of para-hydroxylation sites is 1. The molecule has 1 amide bonds. The minimum atomic E-state index is -0.945. The molecule has 0 radical (unpaired) electrons. The molecule has 1 saturated carbocycles. The van der Waals surface area contributed by atoms with Gasteiger partial charge in [0.2, 0.25) is 0 Å². The molecule has 0 unspecified atom stereocenters. The fourth-order valence-corrected chi connectivity index (χ4v) is 5.02. The van der Waals surface area contributed by atoms with Gasteiger partial charge in [-0.05, 0) is 41.7 Å². The molecule has 0 spiro atoms. The zero-order valence-electron chi connectivity index (χ0n) is 18.5. The van der Waals surface area contributed by atoms with Crippen LogP contribution in [0.1, 0.15) is 59.3 Å². The smallest absolute Gasteiger partial charge is 0.309 e. The third kappa shape index (κ3) is 6.65. The summed E-state index contributed by atoms with van der Waals surface area (Å²) >= 11 is 1.22. The maximum Gasteiger partial charge on any atom is 0.309 e. The number of anilines is 2. The second-order valence-electron chi connectivity index (χ2n) is 8.58. The number of hydrogen-bond acceptors (Lipinski definition) is 5. The summed E-state index contributed by atoms with van der Waals surface area (Å²) in [7, 11) is 0. The molecule has 6 nitrogen and oxygen atoms in total. The van der Waals surface area contributed by atoms with Crippen molar-refractivity contribution in [2.24, 2.45) is 5.92 Å². The van der Waals surface area contributed by atoms with Gasteiger partial charge < -0.3 is 10.4 Å². The van der Waals surface area contributed by atoms with Crippen LogP contribution in [0.2, 0.25) is 0 Å². The fraction of sp³-hybridized carbons (Fsp3) is 0.346. The molecule has 172 valence electrons. The lowest BCUT2D eigenvalue weighted by molar-refractivity contribution is -0.136. The van der Waals surface area contributed by atoms with Crippen molar-refractivity contribution in [2.45, 2.75) is 51.5 Å². The Morgan fingerprint density at radius 3 is 2.55 bits per heavy atom. The number of rotatable bonds is 9. The molecule has 1 aromatic heterocycles. The van der Waals surface area contributed by atoms with E-state index in [9.17, 15) is 9.59 Å². The minimum Gasteiger partial charge on any atom is -0.481 e. The Hall–Kier alpha value is -3.19. The number of nitrogens with zero attached hydrogens (tertiary/aromatic N) is 1. The van der Waals surface area contributed by atoms with Crippen LogP contribution in [0, 0.1) is 5.92 Å². The Labute approximate surface area is 198 Å². The highest BCUT2D eigenvalue weighted by atomic mass is 32.1. The van der Waals surface area contributed by atoms with Gasteiger partial charge in [-0.1, -0.05) is 62.4 Å². The first kappa shape index (κ1) is 23.0. The third-order valence-corrected chi connectivity index (χ3v) is 6.86. The van der Waals surface area contributed by atoms with Gasteiger partial charge in [0.25, 0.3) is 5.91 Å². The first-order valence-corrected chi connectivity index (χ1v) is 12.3. The molecular formula is C26H29N3O3S. The third-order valence-electron chi connectivity index (χ3n) is 6.05. The Bertz CT molecular complexity index is 1090. The van der Waals surface area contributed by atoms with Gasteiger partial charge in [-0.2, -0.15) is 0 Å². The quantitative estimate of drug-likeness (QED) is 0.375. The number of benzene rings is 2. The minimum absolute atomic E-state index is 0.155. The molecule has 1 heterocycles. The van der Waals surface area contributed by atoms with E-state index < -0.39 is 5.97 Å². The van der Waals surface area contributed by atoms with E-state index in [0.29, 0.717) is 22.9 Å². The van der Waals surface area contributed by atoms with Crippen LogP contribution in [0.4, 0.5) is 10.8 Å². The van der Waals surface area contributed by atoms with E-state index in [0.717, 1.165) is 17.9 Å². The maximum atomic E-state index is 12.5. The molecule has 33 heavy (non-hydrogen) atoms. The Morgan fingerprint density at radius 1 is 1.03 bits per heavy atom. The second-order valence-corrected chi connectivity index (χ2v) is 9.44. The van der Waals surface area contributed by atoms with E-state index in [-0.39, 0.29) is 12.3 Å². The molecule has 1 aliphatic carbocycles. The molecule has 0 atom stereocenters. The van der Waals surface area contributed by atoms with Crippen molar-refractivity contribution in [2.75, 3.05) is 10.6 Å². The van der Waals surface area contributed by atoms with E-state index in [1.807, 2.05) is 12.1 Å². The van der Waals surface area contributed by atoms with Crippen molar-refractivity contribution in [3.8, 4) is 0 Å². The maximum absolute atomic E-state index is 12.5. The van der Waals surface area contributed by atoms with Gasteiger partial charge in [0.05, 0.1) is 12.1 Å². The van der Waals surface area contributed by atoms with Crippen LogP contribution >= 0.6 is 11.3 Å². The van der Waals surface area contributed by atoms with Crippen molar-refractivity contribution in [3.05, 3.63) is 76.3 Å². The van der Waals surface area contributed by atoms with Crippen molar-refractivity contribution >= 4 is 34.0 Å². The average Bonchev–Trinajstić information content (AvgIpc) is 3.25. The Morgan fingerprint density at radius 2 is 1.79 bits per heavy atom. The molecule has 0 bridgehead atoms. The SMILES string of the molecule is O=C(O)Cc1csc(NC(=O)c2ccc(CNc3ccccc3CC3CCCCC3)cc2)n1. The van der Waals surface area contributed by atoms with Crippen LogP contribution in [-0.4, -0.2) is 22.0 Å². The van der Waals surface area contributed by atoms with Crippen molar-refractivity contribution in [3.63, 3.8) is 0 Å². The molecule has 3 aromatic rings. The van der Waals surface area contributed by atoms with Crippen molar-refractivity contribution < 1.29 is 14.7 Å². The summed E-state index contributed by atoms with van der Waals surface area (Å²) in [5.41, 5.74) is 4.63. The first-order valence-electron chi connectivity index (χ1n) is 11.4. The van der Waals surface area contributed by atoms with E-state index in [4.69, 9.17) is 5.11 Å². The lowest BCUT2D eigenvalue weighted by Crippen LogP contribution is -2.12. The summed E-state index contributed by atoms with van der Waals surface area (Å²) in [6, 6.07) is 16.0. The molecule has 0 aliphatic heterocycles. The molecule has 4 rings (SSSR count). The number of amides is 1. The molecule has 3 N–H and O–H groups in total. The normalized spacial score (nSPS) is 14.1. The highest BCUT2D eigenvalue weighted by Gasteiger charge is 2.15. The summed E-state index contributed by atoms with van der Waals surface area (Å²) in [6.45, 7) is 0.689. The predicted octanol–water partition coefficient (Wildman–Crippen LogP) is 5.76. The van der Waals surface area contributed by atoms with Crippen LogP contribution in [0.15, 0.2) is 53.9 Å². The number of nitrogens with one attached hydrogen (secondary N) is 2. The van der Waals surface area contributed by atoms with Gasteiger partial charge in [-0.15, -0.1) is 11.3 Å². The Kier molecular flexibility index (Phi) is 7.73. The zero-order chi connectivity index (χ0) is 23.0. The Balaban J connectivity index is 1.32. The summed E-state index contributed by atoms with van der Waals surface area (Å²) in [6.07, 6.45) is 7.73. The van der Waals surface area contributed by atoms with E-state index >= 15 is 0 Å². The molecule has 1 aliphatic rings. The number of carboxylic acids is 1. The standard InChI is InChI=1S/C26H29N3O3S/c30-24(31)15-22-17-33-26(28-22)29-25(32)20-12-10-19(11-13-20)16-27-23-9-5-4-8-21(23)14-18-6-2-1-3-7-18/h4-5,8-13,17-18,27H,1-3,6-7,14-16H2,(H,30,31)(H,28,29,32). The number of hydrogen-bond donors (Lipinski definition) is 3. The molecular weight excluding hydrogens is 434 g/mol. The predicted molar refractivity (Wildman–Crippen MR) is 132 cm³/mol. The monoisotopic (exact) mass is 463 g/mol. The van der Waals surface area contributed by atoms with Gasteiger partial charge in [0.1, 0.15) is 0 Å². The molecule has 2 aromatic carbocycles. The van der Waals surface area contributed by atoms with Gasteiger partial charge in [0, 0.05) is 23.2 Å². The molecule has 7 heteroatoms. The van der Waals surface area contributed by atoms with E-state index in [2.05, 4.69) is 39.9 Å². The fourth-order valence-electron chi connectivity index (χ4n) is 4.31. The van der Waals surface area contributed by atoms with Crippen LogP contribution < -0.4 is 10.6 Å². The van der Waals surface area contributed by atoms with Gasteiger partial charge in [-0.25, -0.2) is 4.98 Å². The molecule has 1 fully saturated rings. The lowest BCUT2D eigenvalue weighted by atomic mass is 9.84. The zero-order valence-corrected chi connectivity index (χ0v) is 19.4. The average molecular weight is 464 g/mol. The number of aromatic nitrogens is 1. The van der Waals surface area contributed by atoms with Crippen LogP contribution in [-0.2, 0) is 24.2 Å². The lowest BCUT2D eigenvalue weighted by Gasteiger charge is -2.23. The number of carbonyl (C=O) groups is 2. The van der Waals surface area contributed by atoms with Crippen LogP contribution in [0.5, 0.6) is 0 Å². The number of carboxylic acid groups (broad SMARTS) is 1. The topological polar surface area (TPSA) is 91.3 Å². The summed E-state index contributed by atoms with van der Waals surface area (Å²) in [5, 5.41) is 17.2. The largest absolute Gasteiger partial charge is 0.481 e. The molecule has 0 saturated heterocycles. The van der Waals surface area contributed by atoms with Crippen LogP contribution in [0.25, 0.3) is 0 Å². The van der Waals surface area contributed by atoms with E-state index in [1.54, 1.807) is 17.5 Å². The van der Waals surface area contributed by atoms with E-state index in [1.165, 1.54) is 54.7 Å². The highest BCUT2D eigenvalue weighted by molar-refractivity contribution is 7.14. The summed E-state index contributed by atoms with van der Waals surface area (Å²) in [4.78, 5) is 27.4. The highest BCUT2D eigenvalue weighted by Crippen LogP contribution is 2.29. The van der Waals surface area contributed by atoms with Crippen molar-refractivity contribution in [1.29, 1.82) is 0 Å². The van der Waals surface area contributed by atoms with Crippen molar-refractivity contribution in [1.82, 2.24) is 4.98 Å². The van der Waals surface area contributed by atoms with Gasteiger partial charge >= 0.3 is 5.97 Å². The number of carbonyl (C=O) groups excluding carboxylic acids is 1. The summed E-state index contributed by atoms with van der Waals surface area (Å²) in [5.74, 6) is -0.417. The van der Waals surface area contributed by atoms with Gasteiger partial charge in [0.15, 0.2) is 5.13 Å². The first-order chi connectivity index (χ1) is 16.1. The van der Waals surface area contributed by atoms with Gasteiger partial charge in [-0.3, -0.25) is 14.9 Å². The second kappa shape index (κ2) is 11.1. The number of aliphatic carboxylic acids is 1. The van der Waals surface area contributed by atoms with Crippen LogP contribution in [0.3, 0.4) is 0 Å².